The van der Waals surface area contributed by atoms with E-state index in [2.05, 4.69) is 17.4 Å². The van der Waals surface area contributed by atoms with Crippen molar-refractivity contribution in [1.82, 2.24) is 5.32 Å². The van der Waals surface area contributed by atoms with Gasteiger partial charge in [-0.3, -0.25) is 4.21 Å². The maximum absolute atomic E-state index is 11.7. The molecule has 1 aliphatic heterocycles. The predicted octanol–water partition coefficient (Wildman–Crippen LogP) is 1.87. The van der Waals surface area contributed by atoms with E-state index in [-0.39, 0.29) is 6.04 Å². The van der Waals surface area contributed by atoms with Crippen LogP contribution in [0.4, 0.5) is 0 Å². The van der Waals surface area contributed by atoms with E-state index in [4.69, 9.17) is 4.74 Å². The molecule has 2 unspecified atom stereocenters. The van der Waals surface area contributed by atoms with Crippen LogP contribution in [0.25, 0.3) is 0 Å². The van der Waals surface area contributed by atoms with Crippen LogP contribution in [0.15, 0.2) is 24.3 Å². The summed E-state index contributed by atoms with van der Waals surface area (Å²) >= 11 is 0. The van der Waals surface area contributed by atoms with Crippen molar-refractivity contribution >= 4 is 10.8 Å². The fourth-order valence-corrected chi connectivity index (χ4v) is 3.33. The van der Waals surface area contributed by atoms with Crippen LogP contribution in [0.1, 0.15) is 24.9 Å². The Morgan fingerprint density at radius 3 is 2.88 bits per heavy atom. The van der Waals surface area contributed by atoms with E-state index in [1.807, 2.05) is 19.1 Å². The van der Waals surface area contributed by atoms with Crippen LogP contribution < -0.4 is 10.1 Å². The lowest BCUT2D eigenvalue weighted by atomic mass is 10.1. The van der Waals surface area contributed by atoms with Gasteiger partial charge in [0.2, 0.25) is 0 Å². The largest absolute Gasteiger partial charge is 0.494 e. The summed E-state index contributed by atoms with van der Waals surface area (Å²) < 4.78 is 17.1. The first-order chi connectivity index (χ1) is 8.29. The molecule has 0 aromatic heterocycles. The summed E-state index contributed by atoms with van der Waals surface area (Å²) in [5, 5.41) is 3.45. The highest BCUT2D eigenvalue weighted by Crippen LogP contribution is 2.20. The number of benzene rings is 1. The molecule has 0 amide bonds. The SMILES string of the molecule is CCOc1ccc(C2CS(=O)CCCN2)cc1. The van der Waals surface area contributed by atoms with Crippen molar-refractivity contribution in [3.63, 3.8) is 0 Å². The second kappa shape index (κ2) is 6.17. The monoisotopic (exact) mass is 253 g/mol. The minimum atomic E-state index is -0.691. The molecule has 2 rings (SSSR count). The summed E-state index contributed by atoms with van der Waals surface area (Å²) in [6.07, 6.45) is 1.00. The van der Waals surface area contributed by atoms with E-state index in [0.29, 0.717) is 12.4 Å². The highest BCUT2D eigenvalue weighted by Gasteiger charge is 2.17. The molecule has 0 aliphatic carbocycles. The van der Waals surface area contributed by atoms with Crippen molar-refractivity contribution in [1.29, 1.82) is 0 Å². The Morgan fingerprint density at radius 2 is 2.18 bits per heavy atom. The number of rotatable bonds is 3. The molecule has 0 bridgehead atoms. The molecule has 1 aromatic rings. The highest BCUT2D eigenvalue weighted by atomic mass is 32.2. The molecule has 94 valence electrons. The first-order valence-corrected chi connectivity index (χ1v) is 7.59. The summed E-state index contributed by atoms with van der Waals surface area (Å²) in [5.74, 6) is 2.43. The van der Waals surface area contributed by atoms with Gasteiger partial charge in [0.25, 0.3) is 0 Å². The fourth-order valence-electron chi connectivity index (χ4n) is 2.01. The minimum Gasteiger partial charge on any atom is -0.494 e. The lowest BCUT2D eigenvalue weighted by Crippen LogP contribution is -2.23. The van der Waals surface area contributed by atoms with Gasteiger partial charge in [0, 0.05) is 28.3 Å². The van der Waals surface area contributed by atoms with Gasteiger partial charge >= 0.3 is 0 Å². The molecule has 1 fully saturated rings. The number of hydrogen-bond acceptors (Lipinski definition) is 3. The number of ether oxygens (including phenoxy) is 1. The second-order valence-corrected chi connectivity index (χ2v) is 5.79. The molecule has 0 saturated carbocycles. The Labute approximate surface area is 105 Å². The zero-order chi connectivity index (χ0) is 12.1. The van der Waals surface area contributed by atoms with Gasteiger partial charge in [-0.05, 0) is 37.6 Å². The normalized spacial score (nSPS) is 25.2. The predicted molar refractivity (Wildman–Crippen MR) is 70.8 cm³/mol. The van der Waals surface area contributed by atoms with E-state index >= 15 is 0 Å². The van der Waals surface area contributed by atoms with Crippen LogP contribution >= 0.6 is 0 Å². The standard InChI is InChI=1S/C13H19NO2S/c1-2-16-12-6-4-11(5-7-12)13-10-17(15)9-3-8-14-13/h4-7,13-14H,2-3,8-10H2,1H3. The van der Waals surface area contributed by atoms with Gasteiger partial charge in [-0.2, -0.15) is 0 Å². The van der Waals surface area contributed by atoms with Crippen molar-refractivity contribution in [2.45, 2.75) is 19.4 Å². The van der Waals surface area contributed by atoms with Crippen LogP contribution in [0.3, 0.4) is 0 Å². The number of nitrogens with one attached hydrogen (secondary N) is 1. The molecule has 1 heterocycles. The highest BCUT2D eigenvalue weighted by molar-refractivity contribution is 7.85. The molecular weight excluding hydrogens is 234 g/mol. The zero-order valence-electron chi connectivity index (χ0n) is 10.1. The lowest BCUT2D eigenvalue weighted by Gasteiger charge is -2.16. The Kier molecular flexibility index (Phi) is 4.57. The third-order valence-corrected chi connectivity index (χ3v) is 4.33. The van der Waals surface area contributed by atoms with Crippen molar-refractivity contribution in [2.24, 2.45) is 0 Å². The molecule has 0 radical (unpaired) electrons. The van der Waals surface area contributed by atoms with Crippen LogP contribution in [0.2, 0.25) is 0 Å². The van der Waals surface area contributed by atoms with Gasteiger partial charge in [-0.25, -0.2) is 0 Å². The van der Waals surface area contributed by atoms with Crippen LogP contribution in [0.5, 0.6) is 5.75 Å². The van der Waals surface area contributed by atoms with Gasteiger partial charge in [-0.15, -0.1) is 0 Å². The molecular formula is C13H19NO2S. The molecule has 1 N–H and O–H groups in total. The van der Waals surface area contributed by atoms with Crippen molar-refractivity contribution in [3.8, 4) is 5.75 Å². The van der Waals surface area contributed by atoms with E-state index in [9.17, 15) is 4.21 Å². The molecule has 17 heavy (non-hydrogen) atoms. The average molecular weight is 253 g/mol. The van der Waals surface area contributed by atoms with Crippen molar-refractivity contribution in [2.75, 3.05) is 24.7 Å². The van der Waals surface area contributed by atoms with E-state index in [1.54, 1.807) is 0 Å². The molecule has 1 aliphatic rings. The Balaban J connectivity index is 2.07. The maximum Gasteiger partial charge on any atom is 0.119 e. The summed E-state index contributed by atoms with van der Waals surface area (Å²) in [6, 6.07) is 8.30. The Morgan fingerprint density at radius 1 is 1.41 bits per heavy atom. The van der Waals surface area contributed by atoms with Crippen LogP contribution in [-0.4, -0.2) is 28.9 Å². The molecule has 3 nitrogen and oxygen atoms in total. The summed E-state index contributed by atoms with van der Waals surface area (Å²) in [5.41, 5.74) is 1.20. The van der Waals surface area contributed by atoms with Crippen molar-refractivity contribution < 1.29 is 8.95 Å². The van der Waals surface area contributed by atoms with Gasteiger partial charge in [0.15, 0.2) is 0 Å². The Hall–Kier alpha value is -0.870. The summed E-state index contributed by atoms with van der Waals surface area (Å²) in [6.45, 7) is 3.61. The molecule has 1 saturated heterocycles. The second-order valence-electron chi connectivity index (χ2n) is 4.17. The van der Waals surface area contributed by atoms with Crippen LogP contribution in [-0.2, 0) is 10.8 Å². The molecule has 1 aromatic carbocycles. The first kappa shape index (κ1) is 12.6. The molecule has 2 atom stereocenters. The lowest BCUT2D eigenvalue weighted by molar-refractivity contribution is 0.340. The van der Waals surface area contributed by atoms with Gasteiger partial charge < -0.3 is 10.1 Å². The van der Waals surface area contributed by atoms with Gasteiger partial charge in [0.05, 0.1) is 6.61 Å². The quantitative estimate of drug-likeness (QED) is 0.893. The summed E-state index contributed by atoms with van der Waals surface area (Å²) in [7, 11) is -0.691. The van der Waals surface area contributed by atoms with E-state index in [1.165, 1.54) is 5.56 Å². The zero-order valence-corrected chi connectivity index (χ0v) is 11.0. The van der Waals surface area contributed by atoms with E-state index < -0.39 is 10.8 Å². The number of hydrogen-bond donors (Lipinski definition) is 1. The first-order valence-electron chi connectivity index (χ1n) is 6.10. The third-order valence-electron chi connectivity index (χ3n) is 2.89. The maximum atomic E-state index is 11.7. The summed E-state index contributed by atoms with van der Waals surface area (Å²) in [4.78, 5) is 0. The molecule has 4 heteroatoms. The average Bonchev–Trinajstić information content (AvgIpc) is 2.55. The molecule has 0 spiro atoms. The Bertz CT molecular complexity index is 378. The fraction of sp³-hybridized carbons (Fsp3) is 0.538. The van der Waals surface area contributed by atoms with E-state index in [0.717, 1.165) is 24.5 Å². The van der Waals surface area contributed by atoms with Gasteiger partial charge in [-0.1, -0.05) is 12.1 Å². The smallest absolute Gasteiger partial charge is 0.119 e. The minimum absolute atomic E-state index is 0.217. The van der Waals surface area contributed by atoms with Crippen molar-refractivity contribution in [3.05, 3.63) is 29.8 Å². The van der Waals surface area contributed by atoms with Gasteiger partial charge in [0.1, 0.15) is 5.75 Å². The topological polar surface area (TPSA) is 38.3 Å². The van der Waals surface area contributed by atoms with Crippen LogP contribution in [0, 0.1) is 0 Å². The third kappa shape index (κ3) is 3.54.